The van der Waals surface area contributed by atoms with Gasteiger partial charge in [0.05, 0.1) is 11.8 Å². The van der Waals surface area contributed by atoms with Gasteiger partial charge in [-0.05, 0) is 18.2 Å². The average Bonchev–Trinajstić information content (AvgIpc) is 3.01. The summed E-state index contributed by atoms with van der Waals surface area (Å²) in [5.41, 5.74) is 0.570. The highest BCUT2D eigenvalue weighted by atomic mass is 32.2. The molecule has 1 unspecified atom stereocenters. The van der Waals surface area contributed by atoms with Gasteiger partial charge in [0.15, 0.2) is 12.5 Å². The van der Waals surface area contributed by atoms with Crippen LogP contribution < -0.4 is 15.1 Å². The number of benzene rings is 1. The summed E-state index contributed by atoms with van der Waals surface area (Å²) in [6.45, 7) is 1.60. The van der Waals surface area contributed by atoms with Crippen molar-refractivity contribution in [3.63, 3.8) is 0 Å². The molecule has 1 heterocycles. The fourth-order valence-corrected chi connectivity index (χ4v) is 2.82. The normalized spacial score (nSPS) is 19.6. The number of thiol groups is 1. The van der Waals surface area contributed by atoms with E-state index in [0.29, 0.717) is 18.5 Å². The fraction of sp³-hybridized carbons (Fsp3) is 0.467. The van der Waals surface area contributed by atoms with Crippen LogP contribution in [-0.2, 0) is 29.5 Å². The van der Waals surface area contributed by atoms with Crippen LogP contribution in [0.5, 0.6) is 0 Å². The molecule has 1 aromatic carbocycles. The number of hydrogen-bond donors (Lipinski definition) is 2. The van der Waals surface area contributed by atoms with Gasteiger partial charge in [0.1, 0.15) is 12.5 Å². The summed E-state index contributed by atoms with van der Waals surface area (Å²) < 4.78 is 45.3. The van der Waals surface area contributed by atoms with Crippen molar-refractivity contribution in [2.45, 2.75) is 19.3 Å². The lowest BCUT2D eigenvalue weighted by molar-refractivity contribution is -0.120. The predicted octanol–water partition coefficient (Wildman–Crippen LogP) is -0.371. The van der Waals surface area contributed by atoms with Gasteiger partial charge in [-0.1, -0.05) is 0 Å². The van der Waals surface area contributed by atoms with Crippen molar-refractivity contribution < 1.29 is 31.3 Å². The Hall–Kier alpha value is -2.24. The Labute approximate surface area is 151 Å². The van der Waals surface area contributed by atoms with Crippen LogP contribution in [0.15, 0.2) is 18.2 Å². The molecule has 1 aromatic rings. The molecule has 0 bridgehead atoms. The molecule has 0 radical (unpaired) electrons. The number of amides is 1. The van der Waals surface area contributed by atoms with Crippen molar-refractivity contribution in [2.75, 3.05) is 36.7 Å². The van der Waals surface area contributed by atoms with E-state index in [1.54, 1.807) is 11.0 Å². The molecule has 11 heteroatoms. The molecule has 0 aliphatic carbocycles. The van der Waals surface area contributed by atoms with Crippen LogP contribution in [0, 0.1) is 5.82 Å². The minimum Gasteiger partial charge on any atom is -0.354 e. The van der Waals surface area contributed by atoms with Crippen LogP contribution >= 0.6 is 0 Å². The monoisotopic (exact) mass is 389 g/mol. The van der Waals surface area contributed by atoms with Crippen molar-refractivity contribution in [3.8, 4) is 0 Å². The quantitative estimate of drug-likeness (QED) is 0.353. The molecule has 144 valence electrons. The third-order valence-corrected chi connectivity index (χ3v) is 4.09. The first kappa shape index (κ1) is 20.1. The highest BCUT2D eigenvalue weighted by Gasteiger charge is 2.33. The Morgan fingerprint density at radius 3 is 2.85 bits per heavy atom. The smallest absolute Gasteiger partial charge is 0.258 e. The first-order valence-corrected chi connectivity index (χ1v) is 8.81. The summed E-state index contributed by atoms with van der Waals surface area (Å²) in [6, 6.07) is 4.27. The lowest BCUT2D eigenvalue weighted by Gasteiger charge is -2.23. The van der Waals surface area contributed by atoms with Gasteiger partial charge < -0.3 is 19.9 Å². The maximum atomic E-state index is 14.4. The third kappa shape index (κ3) is 5.13. The molecule has 0 spiro atoms. The third-order valence-electron chi connectivity index (χ3n) is 3.77. The number of anilines is 2. The second-order valence-corrected chi connectivity index (χ2v) is 6.40. The van der Waals surface area contributed by atoms with Crippen molar-refractivity contribution in [3.05, 3.63) is 24.0 Å². The SMILES string of the molecule is CC(=O)NC[C@H]1CN(c2ccc(N(C)CO[SH](=O)=O)c(F)c2)C(C=O)O1. The molecule has 26 heavy (non-hydrogen) atoms. The number of aldehydes is 1. The summed E-state index contributed by atoms with van der Waals surface area (Å²) in [7, 11) is -1.55. The summed E-state index contributed by atoms with van der Waals surface area (Å²) in [5, 5.41) is 2.61. The molecule has 1 aliphatic heterocycles. The Morgan fingerprint density at radius 1 is 1.54 bits per heavy atom. The number of rotatable bonds is 8. The summed E-state index contributed by atoms with van der Waals surface area (Å²) in [5.74, 6) is -0.820. The van der Waals surface area contributed by atoms with Gasteiger partial charge >= 0.3 is 0 Å². The Morgan fingerprint density at radius 2 is 2.27 bits per heavy atom. The van der Waals surface area contributed by atoms with Crippen LogP contribution in [-0.4, -0.2) is 59.8 Å². The van der Waals surface area contributed by atoms with E-state index in [4.69, 9.17) is 4.74 Å². The van der Waals surface area contributed by atoms with Crippen LogP contribution in [0.1, 0.15) is 6.92 Å². The Balaban J connectivity index is 2.11. The first-order valence-electron chi connectivity index (χ1n) is 7.71. The highest BCUT2D eigenvalue weighted by molar-refractivity contribution is 7.67. The average molecular weight is 389 g/mol. The number of hydrogen-bond acceptors (Lipinski definition) is 8. The molecule has 1 N–H and O–H groups in total. The molecule has 1 fully saturated rings. The molecular weight excluding hydrogens is 369 g/mol. The molecule has 0 aromatic heterocycles. The van der Waals surface area contributed by atoms with E-state index in [-0.39, 0.29) is 24.9 Å². The first-order chi connectivity index (χ1) is 12.3. The number of carbonyl (C=O) groups excluding carboxylic acids is 2. The number of carbonyl (C=O) groups is 2. The van der Waals surface area contributed by atoms with E-state index >= 15 is 0 Å². The summed E-state index contributed by atoms with van der Waals surface area (Å²) >= 11 is 0. The van der Waals surface area contributed by atoms with Gasteiger partial charge in [-0.15, -0.1) is 0 Å². The van der Waals surface area contributed by atoms with Gasteiger partial charge in [-0.2, -0.15) is 0 Å². The van der Waals surface area contributed by atoms with E-state index in [0.717, 1.165) is 0 Å². The molecule has 9 nitrogen and oxygen atoms in total. The van der Waals surface area contributed by atoms with Gasteiger partial charge in [0, 0.05) is 32.7 Å². The van der Waals surface area contributed by atoms with Crippen LogP contribution in [0.25, 0.3) is 0 Å². The van der Waals surface area contributed by atoms with Gasteiger partial charge in [-0.3, -0.25) is 13.8 Å². The van der Waals surface area contributed by atoms with Crippen LogP contribution in [0.4, 0.5) is 15.8 Å². The number of nitrogens with one attached hydrogen (secondary N) is 1. The molecule has 2 rings (SSSR count). The number of ether oxygens (including phenoxy) is 1. The lowest BCUT2D eigenvalue weighted by atomic mass is 10.2. The topological polar surface area (TPSA) is 105 Å². The van der Waals surface area contributed by atoms with Crippen molar-refractivity contribution in [2.24, 2.45) is 0 Å². The van der Waals surface area contributed by atoms with Gasteiger partial charge in [-0.25, -0.2) is 12.8 Å². The number of halogens is 1. The largest absolute Gasteiger partial charge is 0.354 e. The Kier molecular flexibility index (Phi) is 6.89. The molecule has 0 saturated carbocycles. The zero-order valence-corrected chi connectivity index (χ0v) is 15.1. The number of nitrogens with zero attached hydrogens (tertiary/aromatic N) is 2. The van der Waals surface area contributed by atoms with Crippen molar-refractivity contribution in [1.82, 2.24) is 5.32 Å². The van der Waals surface area contributed by atoms with E-state index in [2.05, 4.69) is 9.50 Å². The van der Waals surface area contributed by atoms with E-state index in [1.807, 2.05) is 0 Å². The van der Waals surface area contributed by atoms with Crippen LogP contribution in [0.3, 0.4) is 0 Å². The zero-order chi connectivity index (χ0) is 19.3. The molecule has 2 atom stereocenters. The highest BCUT2D eigenvalue weighted by Crippen LogP contribution is 2.28. The van der Waals surface area contributed by atoms with Crippen molar-refractivity contribution >= 4 is 34.6 Å². The standard InChI is InChI=1S/C15H20FN3O6S/c1-10(21)17-6-12-7-19(15(8-20)25-12)11-3-4-14(13(16)5-11)18(2)9-24-26(22)23/h3-5,8,12,15,26H,6-7,9H2,1-2H3,(H,17,21)/t12-,15?/m0/s1. The molecular formula is C15H20FN3O6S. The minimum atomic E-state index is -3.03. The van der Waals surface area contributed by atoms with Gasteiger partial charge in [0.2, 0.25) is 5.91 Å². The van der Waals surface area contributed by atoms with Crippen LogP contribution in [0.2, 0.25) is 0 Å². The maximum Gasteiger partial charge on any atom is 0.258 e. The van der Waals surface area contributed by atoms with E-state index in [9.17, 15) is 22.4 Å². The molecule has 1 aliphatic rings. The predicted molar refractivity (Wildman–Crippen MR) is 91.8 cm³/mol. The summed E-state index contributed by atoms with van der Waals surface area (Å²) in [4.78, 5) is 25.1. The minimum absolute atomic E-state index is 0.142. The van der Waals surface area contributed by atoms with E-state index < -0.39 is 29.1 Å². The fourth-order valence-electron chi connectivity index (χ4n) is 2.55. The maximum absolute atomic E-state index is 14.4. The second kappa shape index (κ2) is 8.92. The second-order valence-electron chi connectivity index (χ2n) is 5.69. The van der Waals surface area contributed by atoms with E-state index in [1.165, 1.54) is 31.0 Å². The van der Waals surface area contributed by atoms with Crippen molar-refractivity contribution in [1.29, 1.82) is 0 Å². The molecule has 1 saturated heterocycles. The lowest BCUT2D eigenvalue weighted by Crippen LogP contribution is -2.33. The zero-order valence-electron chi connectivity index (χ0n) is 14.3. The summed E-state index contributed by atoms with van der Waals surface area (Å²) in [6.07, 6.45) is -0.685. The Bertz CT molecular complexity index is 736. The van der Waals surface area contributed by atoms with Gasteiger partial charge in [0.25, 0.3) is 11.0 Å². The molecule has 1 amide bonds.